The molecule has 0 radical (unpaired) electrons. The van der Waals surface area contributed by atoms with Gasteiger partial charge in [0.25, 0.3) is 5.91 Å². The fraction of sp³-hybridized carbons (Fsp3) is 0.300. The van der Waals surface area contributed by atoms with E-state index in [4.69, 9.17) is 10.00 Å². The molecule has 2 N–H and O–H groups in total. The van der Waals surface area contributed by atoms with Gasteiger partial charge in [-0.3, -0.25) is 4.79 Å². The monoisotopic (exact) mass is 379 g/mol. The Balaban J connectivity index is 1.87. The summed E-state index contributed by atoms with van der Waals surface area (Å²) >= 11 is 0. The first-order valence-corrected chi connectivity index (χ1v) is 8.75. The van der Waals surface area contributed by atoms with Crippen LogP contribution in [-0.2, 0) is 6.42 Å². The maximum absolute atomic E-state index is 12.5. The summed E-state index contributed by atoms with van der Waals surface area (Å²) < 4.78 is 7.17. The van der Waals surface area contributed by atoms with Crippen molar-refractivity contribution in [2.24, 2.45) is 0 Å². The summed E-state index contributed by atoms with van der Waals surface area (Å²) in [5.41, 5.74) is 1.49. The number of amides is 1. The molecule has 28 heavy (non-hydrogen) atoms. The van der Waals surface area contributed by atoms with E-state index in [1.54, 1.807) is 36.6 Å². The second-order valence-corrected chi connectivity index (χ2v) is 7.04. The molecule has 3 heterocycles. The number of aryl methyl sites for hydroxylation is 1. The Bertz CT molecular complexity index is 1060. The topological polar surface area (TPSA) is 113 Å². The van der Waals surface area contributed by atoms with Crippen LogP contribution in [0.3, 0.4) is 0 Å². The minimum absolute atomic E-state index is 0.137. The van der Waals surface area contributed by atoms with Crippen LogP contribution in [0.2, 0.25) is 0 Å². The van der Waals surface area contributed by atoms with Crippen LogP contribution in [0, 0.1) is 11.3 Å². The molecule has 0 fully saturated rings. The number of methoxy groups -OCH3 is 1. The SMILES string of the molecule is COc1cc2nc(CCC(C)(C)O)cn2cc1NC(=O)c1cccc(C#N)n1. The number of rotatable bonds is 6. The van der Waals surface area contributed by atoms with E-state index in [-0.39, 0.29) is 11.4 Å². The highest BCUT2D eigenvalue weighted by molar-refractivity contribution is 6.03. The highest BCUT2D eigenvalue weighted by Gasteiger charge is 2.16. The molecule has 144 valence electrons. The molecule has 3 aromatic rings. The van der Waals surface area contributed by atoms with Gasteiger partial charge < -0.3 is 19.6 Å². The molecular weight excluding hydrogens is 358 g/mol. The normalized spacial score (nSPS) is 11.2. The van der Waals surface area contributed by atoms with Crippen molar-refractivity contribution in [1.82, 2.24) is 14.4 Å². The summed E-state index contributed by atoms with van der Waals surface area (Å²) in [4.78, 5) is 21.0. The second-order valence-electron chi connectivity index (χ2n) is 7.04. The lowest BCUT2D eigenvalue weighted by Gasteiger charge is -2.15. The lowest BCUT2D eigenvalue weighted by atomic mass is 10.0. The molecule has 8 nitrogen and oxygen atoms in total. The summed E-state index contributed by atoms with van der Waals surface area (Å²) in [6.07, 6.45) is 4.77. The zero-order valence-corrected chi connectivity index (χ0v) is 15.9. The number of anilines is 1. The maximum atomic E-state index is 12.5. The van der Waals surface area contributed by atoms with E-state index >= 15 is 0 Å². The zero-order chi connectivity index (χ0) is 20.3. The number of carbonyl (C=O) groups is 1. The fourth-order valence-electron chi connectivity index (χ4n) is 2.70. The van der Waals surface area contributed by atoms with E-state index in [0.29, 0.717) is 29.9 Å². The molecule has 0 bridgehead atoms. The summed E-state index contributed by atoms with van der Waals surface area (Å²) in [5.74, 6) is 0.00837. The average molecular weight is 379 g/mol. The molecule has 1 amide bonds. The van der Waals surface area contributed by atoms with Gasteiger partial charge in [0.2, 0.25) is 0 Å². The Kier molecular flexibility index (Phi) is 5.29. The van der Waals surface area contributed by atoms with Crippen LogP contribution in [-0.4, -0.2) is 38.1 Å². The number of aliphatic hydroxyl groups is 1. The number of ether oxygens (including phenoxy) is 1. The first kappa shape index (κ1) is 19.3. The number of nitrogens with one attached hydrogen (secondary N) is 1. The molecule has 0 atom stereocenters. The van der Waals surface area contributed by atoms with Crippen LogP contribution in [0.25, 0.3) is 5.65 Å². The Morgan fingerprint density at radius 2 is 2.14 bits per heavy atom. The predicted octanol–water partition coefficient (Wildman–Crippen LogP) is 2.57. The third kappa shape index (κ3) is 4.45. The van der Waals surface area contributed by atoms with Gasteiger partial charge in [-0.1, -0.05) is 6.07 Å². The third-order valence-electron chi connectivity index (χ3n) is 4.16. The van der Waals surface area contributed by atoms with Crippen molar-refractivity contribution in [3.05, 3.63) is 53.7 Å². The largest absolute Gasteiger partial charge is 0.494 e. The number of imidazole rings is 1. The minimum atomic E-state index is -0.766. The van der Waals surface area contributed by atoms with Crippen molar-refractivity contribution in [1.29, 1.82) is 5.26 Å². The van der Waals surface area contributed by atoms with Gasteiger partial charge in [0.15, 0.2) is 0 Å². The number of pyridine rings is 2. The molecule has 0 aromatic carbocycles. The maximum Gasteiger partial charge on any atom is 0.274 e. The van der Waals surface area contributed by atoms with E-state index in [1.165, 1.54) is 19.2 Å². The van der Waals surface area contributed by atoms with Gasteiger partial charge in [-0.05, 0) is 38.8 Å². The predicted molar refractivity (Wildman–Crippen MR) is 103 cm³/mol. The summed E-state index contributed by atoms with van der Waals surface area (Å²) in [5, 5.41) is 21.6. The van der Waals surface area contributed by atoms with E-state index in [2.05, 4.69) is 15.3 Å². The number of carbonyl (C=O) groups excluding carboxylic acids is 1. The van der Waals surface area contributed by atoms with Crippen molar-refractivity contribution >= 4 is 17.2 Å². The first-order chi connectivity index (χ1) is 13.3. The van der Waals surface area contributed by atoms with Gasteiger partial charge in [-0.25, -0.2) is 9.97 Å². The second kappa shape index (κ2) is 7.66. The van der Waals surface area contributed by atoms with Crippen molar-refractivity contribution in [2.75, 3.05) is 12.4 Å². The molecule has 8 heteroatoms. The first-order valence-electron chi connectivity index (χ1n) is 8.75. The van der Waals surface area contributed by atoms with Gasteiger partial charge in [-0.2, -0.15) is 5.26 Å². The Hall–Kier alpha value is -3.44. The number of fused-ring (bicyclic) bond motifs is 1. The number of nitriles is 1. The molecular formula is C20H21N5O3. The minimum Gasteiger partial charge on any atom is -0.494 e. The summed E-state index contributed by atoms with van der Waals surface area (Å²) in [6, 6.07) is 8.31. The van der Waals surface area contributed by atoms with E-state index in [9.17, 15) is 9.90 Å². The van der Waals surface area contributed by atoms with Crippen molar-refractivity contribution in [3.8, 4) is 11.8 Å². The molecule has 3 rings (SSSR count). The Labute approximate surface area is 162 Å². The fourth-order valence-corrected chi connectivity index (χ4v) is 2.70. The summed E-state index contributed by atoms with van der Waals surface area (Å²) in [7, 11) is 1.51. The molecule has 0 saturated heterocycles. The van der Waals surface area contributed by atoms with Crippen LogP contribution in [0.1, 0.15) is 42.1 Å². The van der Waals surface area contributed by atoms with Gasteiger partial charge in [0.05, 0.1) is 18.4 Å². The van der Waals surface area contributed by atoms with Crippen LogP contribution in [0.5, 0.6) is 5.75 Å². The Morgan fingerprint density at radius 1 is 1.36 bits per heavy atom. The quantitative estimate of drug-likeness (QED) is 0.681. The van der Waals surface area contributed by atoms with Gasteiger partial charge >= 0.3 is 0 Å². The molecule has 0 spiro atoms. The zero-order valence-electron chi connectivity index (χ0n) is 15.9. The van der Waals surface area contributed by atoms with Crippen molar-refractivity contribution in [3.63, 3.8) is 0 Å². The lowest BCUT2D eigenvalue weighted by molar-refractivity contribution is 0.0711. The number of aromatic nitrogens is 3. The van der Waals surface area contributed by atoms with E-state index in [0.717, 1.165) is 5.69 Å². The van der Waals surface area contributed by atoms with E-state index < -0.39 is 11.5 Å². The molecule has 0 unspecified atom stereocenters. The Morgan fingerprint density at radius 3 is 2.82 bits per heavy atom. The molecule has 0 aliphatic heterocycles. The number of hydrogen-bond donors (Lipinski definition) is 2. The number of hydrogen-bond acceptors (Lipinski definition) is 6. The van der Waals surface area contributed by atoms with Gasteiger partial charge in [0, 0.05) is 18.5 Å². The van der Waals surface area contributed by atoms with Gasteiger partial charge in [0.1, 0.15) is 34.5 Å². The summed E-state index contributed by atoms with van der Waals surface area (Å²) in [6.45, 7) is 3.52. The van der Waals surface area contributed by atoms with Gasteiger partial charge in [-0.15, -0.1) is 0 Å². The van der Waals surface area contributed by atoms with Crippen LogP contribution >= 0.6 is 0 Å². The lowest BCUT2D eigenvalue weighted by Crippen LogP contribution is -2.19. The molecule has 0 aliphatic carbocycles. The van der Waals surface area contributed by atoms with Crippen LogP contribution in [0.4, 0.5) is 5.69 Å². The molecule has 3 aromatic heterocycles. The standard InChI is InChI=1S/C20H21N5O3/c1-20(2,27)8-7-14-11-25-12-16(17(28-3)9-18(25)23-14)24-19(26)15-6-4-5-13(10-21)22-15/h4-6,9,11-12,27H,7-8H2,1-3H3,(H,24,26). The molecule has 0 saturated carbocycles. The van der Waals surface area contributed by atoms with Crippen LogP contribution < -0.4 is 10.1 Å². The third-order valence-corrected chi connectivity index (χ3v) is 4.16. The van der Waals surface area contributed by atoms with E-state index in [1.807, 2.05) is 12.3 Å². The highest BCUT2D eigenvalue weighted by atomic mass is 16.5. The van der Waals surface area contributed by atoms with Crippen molar-refractivity contribution < 1.29 is 14.6 Å². The molecule has 0 aliphatic rings. The van der Waals surface area contributed by atoms with Crippen LogP contribution in [0.15, 0.2) is 36.7 Å². The highest BCUT2D eigenvalue weighted by Crippen LogP contribution is 2.27. The smallest absolute Gasteiger partial charge is 0.274 e. The van der Waals surface area contributed by atoms with Crippen molar-refractivity contribution in [2.45, 2.75) is 32.3 Å². The number of nitrogens with zero attached hydrogens (tertiary/aromatic N) is 4. The average Bonchev–Trinajstić information content (AvgIpc) is 3.07.